The molecular formula is C50H31NOS. The number of thiophene rings is 1. The second-order valence-electron chi connectivity index (χ2n) is 13.7. The summed E-state index contributed by atoms with van der Waals surface area (Å²) in [4.78, 5) is 2.44. The zero-order valence-corrected chi connectivity index (χ0v) is 29.5. The molecule has 2 nitrogen and oxygen atoms in total. The van der Waals surface area contributed by atoms with Crippen LogP contribution in [-0.4, -0.2) is 0 Å². The van der Waals surface area contributed by atoms with E-state index in [0.29, 0.717) is 0 Å². The molecule has 0 fully saturated rings. The van der Waals surface area contributed by atoms with E-state index in [9.17, 15) is 0 Å². The first-order valence-corrected chi connectivity index (χ1v) is 18.8. The van der Waals surface area contributed by atoms with Gasteiger partial charge in [0.25, 0.3) is 0 Å². The maximum absolute atomic E-state index is 6.55. The predicted molar refractivity (Wildman–Crippen MR) is 227 cm³/mol. The zero-order valence-electron chi connectivity index (χ0n) is 28.7. The maximum atomic E-state index is 6.55. The minimum atomic E-state index is 0.887. The fraction of sp³-hybridized carbons (Fsp3) is 0. The molecule has 11 aromatic rings. The van der Waals surface area contributed by atoms with Crippen LogP contribution in [0.25, 0.3) is 85.9 Å². The number of nitrogens with zero attached hydrogens (tertiary/aromatic N) is 1. The van der Waals surface area contributed by atoms with Crippen molar-refractivity contribution in [3.8, 4) is 22.3 Å². The fourth-order valence-corrected chi connectivity index (χ4v) is 9.26. The molecule has 248 valence electrons. The van der Waals surface area contributed by atoms with Gasteiger partial charge in [-0.1, -0.05) is 127 Å². The van der Waals surface area contributed by atoms with Gasteiger partial charge in [0.05, 0.1) is 11.4 Å². The number of fused-ring (bicyclic) bond motifs is 8. The van der Waals surface area contributed by atoms with Crippen molar-refractivity contribution in [1.82, 2.24) is 0 Å². The van der Waals surface area contributed by atoms with Gasteiger partial charge in [0.2, 0.25) is 0 Å². The molecule has 0 spiro atoms. The molecule has 0 saturated heterocycles. The summed E-state index contributed by atoms with van der Waals surface area (Å²) in [7, 11) is 0. The number of anilines is 3. The van der Waals surface area contributed by atoms with Gasteiger partial charge in [0.1, 0.15) is 11.2 Å². The highest BCUT2D eigenvalue weighted by molar-refractivity contribution is 7.25. The molecule has 0 bridgehead atoms. The van der Waals surface area contributed by atoms with Gasteiger partial charge in [-0.25, -0.2) is 0 Å². The van der Waals surface area contributed by atoms with E-state index in [1.165, 1.54) is 52.8 Å². The molecule has 0 aliphatic rings. The van der Waals surface area contributed by atoms with Crippen molar-refractivity contribution in [3.63, 3.8) is 0 Å². The Morgan fingerprint density at radius 2 is 1.04 bits per heavy atom. The van der Waals surface area contributed by atoms with Gasteiger partial charge in [-0.05, 0) is 93.5 Å². The summed E-state index contributed by atoms with van der Waals surface area (Å²) in [6, 6.07) is 68.1. The summed E-state index contributed by atoms with van der Waals surface area (Å²) in [6.07, 6.45) is 0. The van der Waals surface area contributed by atoms with Crippen LogP contribution in [-0.2, 0) is 0 Å². The summed E-state index contributed by atoms with van der Waals surface area (Å²) in [5.41, 5.74) is 9.77. The number of rotatable bonds is 5. The molecule has 0 N–H and O–H groups in total. The molecule has 3 heteroatoms. The third-order valence-electron chi connectivity index (χ3n) is 10.6. The largest absolute Gasteiger partial charge is 0.456 e. The standard InChI is InChI=1S/C50H31NOS/c1-2-14-35-31-47-43(30-34(35)13-1)50-41(21-11-24-46(50)52-47)39-19-5-7-22-45(39)51(44-23-10-15-32-12-3-4-18-38(32)44)37-17-9-16-33(28-37)36-26-27-49-42(29-36)40-20-6-8-25-48(40)53-49/h1-31H. The molecule has 0 saturated carbocycles. The van der Waals surface area contributed by atoms with E-state index in [4.69, 9.17) is 4.42 Å². The molecular weight excluding hydrogens is 663 g/mol. The highest BCUT2D eigenvalue weighted by Gasteiger charge is 2.22. The summed E-state index contributed by atoms with van der Waals surface area (Å²) in [5, 5.41) is 9.64. The molecule has 11 rings (SSSR count). The maximum Gasteiger partial charge on any atom is 0.136 e. The Labute approximate surface area is 310 Å². The van der Waals surface area contributed by atoms with Crippen molar-refractivity contribution in [2.24, 2.45) is 0 Å². The van der Waals surface area contributed by atoms with Gasteiger partial charge in [-0.2, -0.15) is 0 Å². The van der Waals surface area contributed by atoms with Crippen LogP contribution in [0.2, 0.25) is 0 Å². The number of hydrogen-bond donors (Lipinski definition) is 0. The quantitative estimate of drug-likeness (QED) is 0.178. The number of hydrogen-bond acceptors (Lipinski definition) is 3. The van der Waals surface area contributed by atoms with E-state index in [-0.39, 0.29) is 0 Å². The van der Waals surface area contributed by atoms with Crippen molar-refractivity contribution in [1.29, 1.82) is 0 Å². The van der Waals surface area contributed by atoms with Crippen LogP contribution in [0.3, 0.4) is 0 Å². The minimum absolute atomic E-state index is 0.887. The Bertz CT molecular complexity index is 3200. The van der Waals surface area contributed by atoms with Gasteiger partial charge in [0.15, 0.2) is 0 Å². The second kappa shape index (κ2) is 11.9. The van der Waals surface area contributed by atoms with E-state index < -0.39 is 0 Å². The Hall–Kier alpha value is -6.68. The molecule has 0 amide bonds. The summed E-state index contributed by atoms with van der Waals surface area (Å²) in [5.74, 6) is 0. The second-order valence-corrected chi connectivity index (χ2v) is 14.8. The molecule has 0 atom stereocenters. The van der Waals surface area contributed by atoms with Crippen molar-refractivity contribution in [3.05, 3.63) is 188 Å². The summed E-state index contributed by atoms with van der Waals surface area (Å²) >= 11 is 1.86. The van der Waals surface area contributed by atoms with E-state index in [2.05, 4.69) is 193 Å². The van der Waals surface area contributed by atoms with E-state index in [0.717, 1.165) is 50.1 Å². The van der Waals surface area contributed by atoms with E-state index in [1.54, 1.807) is 0 Å². The van der Waals surface area contributed by atoms with Gasteiger partial charge >= 0.3 is 0 Å². The highest BCUT2D eigenvalue weighted by atomic mass is 32.1. The molecule has 9 aromatic carbocycles. The van der Waals surface area contributed by atoms with Gasteiger partial charge < -0.3 is 9.32 Å². The fourth-order valence-electron chi connectivity index (χ4n) is 8.17. The predicted octanol–water partition coefficient (Wildman–Crippen LogP) is 15.1. The SMILES string of the molecule is c1cc(-c2ccc3sc4ccccc4c3c2)cc(N(c2ccccc2-c2cccc3oc4cc5ccccc5cc4c23)c2cccc3ccccc23)c1. The zero-order chi connectivity index (χ0) is 34.9. The van der Waals surface area contributed by atoms with Crippen molar-refractivity contribution < 1.29 is 4.42 Å². The third kappa shape index (κ3) is 4.86. The first kappa shape index (κ1) is 30.0. The Balaban J connectivity index is 1.15. The van der Waals surface area contributed by atoms with Crippen LogP contribution in [0.1, 0.15) is 0 Å². The summed E-state index contributed by atoms with van der Waals surface area (Å²) < 4.78 is 9.18. The number of para-hydroxylation sites is 1. The van der Waals surface area contributed by atoms with Crippen LogP contribution in [0.15, 0.2) is 192 Å². The Morgan fingerprint density at radius 3 is 1.96 bits per heavy atom. The topological polar surface area (TPSA) is 16.4 Å². The highest BCUT2D eigenvalue weighted by Crippen LogP contribution is 2.47. The van der Waals surface area contributed by atoms with Gasteiger partial charge in [-0.15, -0.1) is 11.3 Å². The number of furan rings is 1. The molecule has 0 unspecified atom stereocenters. The molecule has 2 heterocycles. The lowest BCUT2D eigenvalue weighted by Crippen LogP contribution is -2.12. The van der Waals surface area contributed by atoms with E-state index >= 15 is 0 Å². The van der Waals surface area contributed by atoms with Crippen molar-refractivity contribution >= 4 is 92.1 Å². The van der Waals surface area contributed by atoms with Crippen molar-refractivity contribution in [2.45, 2.75) is 0 Å². The molecule has 53 heavy (non-hydrogen) atoms. The van der Waals surface area contributed by atoms with Crippen LogP contribution >= 0.6 is 11.3 Å². The first-order valence-electron chi connectivity index (χ1n) is 18.0. The minimum Gasteiger partial charge on any atom is -0.456 e. The molecule has 0 aliphatic heterocycles. The average molecular weight is 694 g/mol. The van der Waals surface area contributed by atoms with Crippen molar-refractivity contribution in [2.75, 3.05) is 4.90 Å². The van der Waals surface area contributed by atoms with Gasteiger partial charge in [0, 0.05) is 47.6 Å². The van der Waals surface area contributed by atoms with Crippen LogP contribution in [0.4, 0.5) is 17.1 Å². The molecule has 0 aliphatic carbocycles. The average Bonchev–Trinajstić information content (AvgIpc) is 3.78. The van der Waals surface area contributed by atoms with Crippen LogP contribution in [0, 0.1) is 0 Å². The third-order valence-corrected chi connectivity index (χ3v) is 11.8. The van der Waals surface area contributed by atoms with Gasteiger partial charge in [-0.3, -0.25) is 0 Å². The normalized spacial score (nSPS) is 11.8. The lowest BCUT2D eigenvalue weighted by molar-refractivity contribution is 0.669. The van der Waals surface area contributed by atoms with Crippen LogP contribution in [0.5, 0.6) is 0 Å². The smallest absolute Gasteiger partial charge is 0.136 e. The van der Waals surface area contributed by atoms with E-state index in [1.807, 2.05) is 11.3 Å². The Morgan fingerprint density at radius 1 is 0.377 bits per heavy atom. The number of benzene rings is 9. The lowest BCUT2D eigenvalue weighted by Gasteiger charge is -2.29. The van der Waals surface area contributed by atoms with Crippen LogP contribution < -0.4 is 4.90 Å². The first-order chi connectivity index (χ1) is 26.3. The summed E-state index contributed by atoms with van der Waals surface area (Å²) in [6.45, 7) is 0. The lowest BCUT2D eigenvalue weighted by atomic mass is 9.95. The Kier molecular flexibility index (Phi) is 6.76. The molecule has 2 aromatic heterocycles. The monoisotopic (exact) mass is 693 g/mol. The molecule has 0 radical (unpaired) electrons.